The van der Waals surface area contributed by atoms with Crippen molar-refractivity contribution >= 4 is 50.3 Å². The van der Waals surface area contributed by atoms with Crippen molar-refractivity contribution < 1.29 is 23.9 Å². The Morgan fingerprint density at radius 3 is 2.29 bits per heavy atom. The van der Waals surface area contributed by atoms with E-state index >= 15 is 0 Å². The van der Waals surface area contributed by atoms with Crippen molar-refractivity contribution in [3.05, 3.63) is 82.3 Å². The molecule has 0 heterocycles. The van der Waals surface area contributed by atoms with Crippen LogP contribution in [0.15, 0.2) is 71.2 Å². The quantitative estimate of drug-likeness (QED) is 0.379. The summed E-state index contributed by atoms with van der Waals surface area (Å²) in [6, 6.07) is 19.4. The number of ether oxygens (including phenoxy) is 1. The molecule has 2 N–H and O–H groups in total. The maximum atomic E-state index is 12.4. The predicted molar refractivity (Wildman–Crippen MR) is 119 cm³/mol. The van der Waals surface area contributed by atoms with Crippen LogP contribution in [0.25, 0.3) is 10.8 Å². The lowest BCUT2D eigenvalue weighted by atomic mass is 10.0. The number of ketones is 1. The molecule has 0 radical (unpaired) electrons. The molecule has 8 heteroatoms. The second-order valence-electron chi connectivity index (χ2n) is 6.58. The van der Waals surface area contributed by atoms with Crippen molar-refractivity contribution in [2.24, 2.45) is 0 Å². The molecule has 0 atom stereocenters. The van der Waals surface area contributed by atoms with Crippen LogP contribution in [0.3, 0.4) is 0 Å². The number of amides is 2. The van der Waals surface area contributed by atoms with Gasteiger partial charge in [0.2, 0.25) is 11.7 Å². The highest BCUT2D eigenvalue weighted by atomic mass is 79.9. The lowest BCUT2D eigenvalue weighted by Gasteiger charge is -2.09. The van der Waals surface area contributed by atoms with Gasteiger partial charge in [-0.15, -0.1) is 0 Å². The molecular formula is C23H19BrN2O5. The van der Waals surface area contributed by atoms with Gasteiger partial charge in [0.05, 0.1) is 6.54 Å². The van der Waals surface area contributed by atoms with Gasteiger partial charge in [-0.2, -0.15) is 0 Å². The summed E-state index contributed by atoms with van der Waals surface area (Å²) in [7, 11) is 0. The predicted octanol–water partition coefficient (Wildman–Crippen LogP) is 2.87. The molecule has 0 bridgehead atoms. The number of carbonyl (C=O) groups excluding carboxylic acids is 4. The number of carbonyl (C=O) groups is 4. The minimum absolute atomic E-state index is 0.295. The van der Waals surface area contributed by atoms with Gasteiger partial charge in [-0.3, -0.25) is 19.2 Å². The van der Waals surface area contributed by atoms with Crippen LogP contribution in [-0.4, -0.2) is 43.3 Å². The zero-order valence-corrected chi connectivity index (χ0v) is 18.0. The Morgan fingerprint density at radius 2 is 1.52 bits per heavy atom. The van der Waals surface area contributed by atoms with E-state index in [1.165, 1.54) is 0 Å². The van der Waals surface area contributed by atoms with Gasteiger partial charge in [0, 0.05) is 15.6 Å². The smallest absolute Gasteiger partial charge is 0.325 e. The van der Waals surface area contributed by atoms with Crippen LogP contribution in [-0.2, 0) is 14.3 Å². The molecule has 2 amide bonds. The molecule has 0 unspecified atom stereocenters. The normalized spacial score (nSPS) is 10.4. The number of hydrogen-bond acceptors (Lipinski definition) is 5. The Morgan fingerprint density at radius 1 is 0.806 bits per heavy atom. The van der Waals surface area contributed by atoms with Crippen LogP contribution in [0, 0.1) is 0 Å². The summed E-state index contributed by atoms with van der Waals surface area (Å²) in [5.74, 6) is -2.05. The van der Waals surface area contributed by atoms with E-state index in [0.29, 0.717) is 11.1 Å². The minimum atomic E-state index is -0.749. The summed E-state index contributed by atoms with van der Waals surface area (Å²) in [6.45, 7) is -1.13. The number of halogens is 1. The van der Waals surface area contributed by atoms with Gasteiger partial charge < -0.3 is 15.4 Å². The first-order valence-corrected chi connectivity index (χ1v) is 10.2. The molecule has 0 aliphatic rings. The number of fused-ring (bicyclic) bond motifs is 1. The molecule has 0 aliphatic carbocycles. The van der Waals surface area contributed by atoms with Crippen LogP contribution in [0.1, 0.15) is 20.7 Å². The average molecular weight is 483 g/mol. The van der Waals surface area contributed by atoms with Crippen LogP contribution in [0.2, 0.25) is 0 Å². The first-order valence-electron chi connectivity index (χ1n) is 9.41. The highest BCUT2D eigenvalue weighted by molar-refractivity contribution is 9.10. The molecule has 3 rings (SSSR count). The van der Waals surface area contributed by atoms with E-state index in [2.05, 4.69) is 26.6 Å². The molecule has 31 heavy (non-hydrogen) atoms. The van der Waals surface area contributed by atoms with Crippen molar-refractivity contribution in [1.29, 1.82) is 0 Å². The van der Waals surface area contributed by atoms with E-state index < -0.39 is 30.9 Å². The standard InChI is InChI=1S/C23H19BrN2O5/c24-17-10-8-16(9-11-17)23(30)26-12-21(28)25-13-22(29)31-14-20(27)19-7-3-5-15-4-1-2-6-18(15)19/h1-11H,12-14H2,(H,25,28)(H,26,30). The minimum Gasteiger partial charge on any atom is -0.456 e. The van der Waals surface area contributed by atoms with E-state index in [0.717, 1.165) is 15.2 Å². The zero-order chi connectivity index (χ0) is 22.2. The first kappa shape index (κ1) is 22.2. The fourth-order valence-corrected chi connectivity index (χ4v) is 3.10. The van der Waals surface area contributed by atoms with Gasteiger partial charge in [0.1, 0.15) is 6.54 Å². The third kappa shape index (κ3) is 6.23. The van der Waals surface area contributed by atoms with Crippen LogP contribution in [0.4, 0.5) is 0 Å². The van der Waals surface area contributed by atoms with Crippen LogP contribution >= 0.6 is 15.9 Å². The molecule has 3 aromatic rings. The van der Waals surface area contributed by atoms with E-state index in [1.54, 1.807) is 36.4 Å². The summed E-state index contributed by atoms with van der Waals surface area (Å²) in [5.41, 5.74) is 0.868. The molecule has 0 aliphatic heterocycles. The number of Topliss-reactive ketones (excluding diaryl/α,β-unsaturated/α-hetero) is 1. The molecule has 0 spiro atoms. The lowest BCUT2D eigenvalue weighted by molar-refractivity contribution is -0.142. The summed E-state index contributed by atoms with van der Waals surface area (Å²) in [5, 5.41) is 6.50. The van der Waals surface area contributed by atoms with Gasteiger partial charge in [-0.25, -0.2) is 0 Å². The SMILES string of the molecule is O=C(CNC(=O)c1ccc(Br)cc1)NCC(=O)OCC(=O)c1cccc2ccccc12. The molecule has 7 nitrogen and oxygen atoms in total. The summed E-state index contributed by atoms with van der Waals surface area (Å²) >= 11 is 3.28. The third-order valence-electron chi connectivity index (χ3n) is 4.40. The molecular weight excluding hydrogens is 464 g/mol. The molecule has 0 saturated heterocycles. The molecule has 158 valence electrons. The average Bonchev–Trinajstić information content (AvgIpc) is 2.79. The fraction of sp³-hybridized carbons (Fsp3) is 0.130. The van der Waals surface area contributed by atoms with E-state index in [-0.39, 0.29) is 12.3 Å². The number of benzene rings is 3. The van der Waals surface area contributed by atoms with Crippen molar-refractivity contribution in [1.82, 2.24) is 10.6 Å². The Balaban J connectivity index is 1.41. The zero-order valence-electron chi connectivity index (χ0n) is 16.4. The van der Waals surface area contributed by atoms with Crippen molar-refractivity contribution in [2.75, 3.05) is 19.7 Å². The second-order valence-corrected chi connectivity index (χ2v) is 7.49. The van der Waals surface area contributed by atoms with Crippen molar-refractivity contribution in [3.63, 3.8) is 0 Å². The lowest BCUT2D eigenvalue weighted by Crippen LogP contribution is -2.39. The Hall–Kier alpha value is -3.52. The first-order chi connectivity index (χ1) is 14.9. The summed E-state index contributed by atoms with van der Waals surface area (Å²) < 4.78 is 5.80. The van der Waals surface area contributed by atoms with Crippen LogP contribution < -0.4 is 10.6 Å². The highest BCUT2D eigenvalue weighted by Gasteiger charge is 2.14. The van der Waals surface area contributed by atoms with Gasteiger partial charge >= 0.3 is 5.97 Å². The Kier molecular flexibility index (Phi) is 7.50. The van der Waals surface area contributed by atoms with Gasteiger partial charge in [-0.05, 0) is 35.0 Å². The Bertz CT molecular complexity index is 1120. The van der Waals surface area contributed by atoms with E-state index in [9.17, 15) is 19.2 Å². The van der Waals surface area contributed by atoms with Crippen molar-refractivity contribution in [2.45, 2.75) is 0 Å². The summed E-state index contributed by atoms with van der Waals surface area (Å²) in [4.78, 5) is 48.1. The third-order valence-corrected chi connectivity index (χ3v) is 4.93. The van der Waals surface area contributed by atoms with Gasteiger partial charge in [0.15, 0.2) is 6.61 Å². The Labute approximate surface area is 186 Å². The maximum Gasteiger partial charge on any atom is 0.325 e. The fourth-order valence-electron chi connectivity index (χ4n) is 2.84. The second kappa shape index (κ2) is 10.5. The highest BCUT2D eigenvalue weighted by Crippen LogP contribution is 2.19. The number of esters is 1. The number of rotatable bonds is 8. The van der Waals surface area contributed by atoms with Crippen LogP contribution in [0.5, 0.6) is 0 Å². The monoisotopic (exact) mass is 482 g/mol. The van der Waals surface area contributed by atoms with Crippen molar-refractivity contribution in [3.8, 4) is 0 Å². The van der Waals surface area contributed by atoms with E-state index in [4.69, 9.17) is 4.74 Å². The van der Waals surface area contributed by atoms with Gasteiger partial charge in [0.25, 0.3) is 5.91 Å². The number of nitrogens with one attached hydrogen (secondary N) is 2. The number of hydrogen-bond donors (Lipinski definition) is 2. The maximum absolute atomic E-state index is 12.4. The van der Waals surface area contributed by atoms with Gasteiger partial charge in [-0.1, -0.05) is 58.4 Å². The largest absolute Gasteiger partial charge is 0.456 e. The molecule has 0 fully saturated rings. The topological polar surface area (TPSA) is 102 Å². The molecule has 3 aromatic carbocycles. The molecule has 0 saturated carbocycles. The molecule has 0 aromatic heterocycles. The summed E-state index contributed by atoms with van der Waals surface area (Å²) in [6.07, 6.45) is 0. The van der Waals surface area contributed by atoms with E-state index in [1.807, 2.05) is 30.3 Å².